The van der Waals surface area contributed by atoms with Crippen molar-refractivity contribution in [1.29, 1.82) is 0 Å². The second-order valence-electron chi connectivity index (χ2n) is 6.57. The van der Waals surface area contributed by atoms with Crippen LogP contribution in [0.2, 0.25) is 0 Å². The van der Waals surface area contributed by atoms with Crippen LogP contribution in [0.3, 0.4) is 0 Å². The maximum absolute atomic E-state index is 11.8. The van der Waals surface area contributed by atoms with Crippen molar-refractivity contribution in [2.75, 3.05) is 0 Å². The number of aromatic nitrogens is 2. The molecule has 0 spiro atoms. The molecule has 0 aliphatic heterocycles. The normalized spacial score (nSPS) is 14.1. The van der Waals surface area contributed by atoms with Crippen molar-refractivity contribution in [2.45, 2.75) is 45.8 Å². The quantitative estimate of drug-likeness (QED) is 0.757. The molecule has 1 heterocycles. The van der Waals surface area contributed by atoms with Gasteiger partial charge in [-0.25, -0.2) is 14.6 Å². The molecule has 0 radical (unpaired) electrons. The molecule has 2 amide bonds. The largest absolute Gasteiger partial charge is 0.478 e. The van der Waals surface area contributed by atoms with Gasteiger partial charge in [-0.2, -0.15) is 0 Å². The Labute approximate surface area is 140 Å². The van der Waals surface area contributed by atoms with Gasteiger partial charge >= 0.3 is 12.0 Å². The molecule has 2 aromatic rings. The van der Waals surface area contributed by atoms with Crippen LogP contribution in [0, 0.1) is 5.92 Å². The fourth-order valence-electron chi connectivity index (χ4n) is 2.68. The molecule has 1 aromatic carbocycles. The minimum absolute atomic E-state index is 0.0633. The van der Waals surface area contributed by atoms with E-state index in [9.17, 15) is 9.59 Å². The summed E-state index contributed by atoms with van der Waals surface area (Å²) in [6.45, 7) is 4.96. The summed E-state index contributed by atoms with van der Waals surface area (Å²) in [4.78, 5) is 27.5. The van der Waals surface area contributed by atoms with E-state index in [0.29, 0.717) is 18.0 Å². The van der Waals surface area contributed by atoms with E-state index < -0.39 is 5.97 Å². The highest BCUT2D eigenvalue weighted by molar-refractivity contribution is 5.92. The third-order valence-electron chi connectivity index (χ3n) is 4.04. The predicted molar refractivity (Wildman–Crippen MR) is 89.9 cm³/mol. The lowest BCUT2D eigenvalue weighted by Crippen LogP contribution is -2.39. The first kappa shape index (κ1) is 16.3. The molecule has 1 aromatic heterocycles. The average molecular weight is 330 g/mol. The van der Waals surface area contributed by atoms with Gasteiger partial charge in [-0.3, -0.25) is 0 Å². The highest BCUT2D eigenvalue weighted by atomic mass is 16.4. The van der Waals surface area contributed by atoms with Crippen LogP contribution in [0.25, 0.3) is 11.0 Å². The van der Waals surface area contributed by atoms with Crippen molar-refractivity contribution >= 4 is 23.0 Å². The van der Waals surface area contributed by atoms with Crippen LogP contribution in [0.1, 0.15) is 42.9 Å². The minimum atomic E-state index is -0.968. The Bertz CT molecular complexity index is 777. The average Bonchev–Trinajstić information content (AvgIpc) is 3.26. The van der Waals surface area contributed by atoms with E-state index in [0.717, 1.165) is 17.9 Å². The van der Waals surface area contributed by atoms with Crippen LogP contribution in [0.15, 0.2) is 18.2 Å². The third kappa shape index (κ3) is 3.67. The molecule has 1 fully saturated rings. The highest BCUT2D eigenvalue weighted by Gasteiger charge is 2.24. The number of nitrogens with zero attached hydrogens (tertiary/aromatic N) is 2. The van der Waals surface area contributed by atoms with Gasteiger partial charge in [-0.15, -0.1) is 0 Å². The molecule has 7 nitrogen and oxygen atoms in total. The molecular formula is C17H22N4O3. The Morgan fingerprint density at radius 3 is 2.75 bits per heavy atom. The zero-order valence-electron chi connectivity index (χ0n) is 13.9. The van der Waals surface area contributed by atoms with Gasteiger partial charge in [-0.05, 0) is 50.8 Å². The molecule has 0 saturated heterocycles. The van der Waals surface area contributed by atoms with E-state index in [2.05, 4.69) is 20.2 Å². The number of carbonyl (C=O) groups excluding carboxylic acids is 1. The molecule has 24 heavy (non-hydrogen) atoms. The first-order chi connectivity index (χ1) is 11.4. The molecule has 0 unspecified atom stereocenters. The Morgan fingerprint density at radius 2 is 2.12 bits per heavy atom. The standard InChI is InChI=1S/C17H22N4O3/c1-10(2)19-17(24)18-8-15-20-13-7-12(16(22)23)5-6-14(13)21(15)9-11-3-4-11/h5-7,10-11H,3-4,8-9H2,1-2H3,(H,22,23)(H2,18,19,24). The van der Waals surface area contributed by atoms with Gasteiger partial charge in [0.05, 0.1) is 23.1 Å². The van der Waals surface area contributed by atoms with Crippen LogP contribution >= 0.6 is 0 Å². The monoisotopic (exact) mass is 330 g/mol. The van der Waals surface area contributed by atoms with E-state index in [1.165, 1.54) is 12.8 Å². The summed E-state index contributed by atoms with van der Waals surface area (Å²) in [5.74, 6) is 0.424. The van der Waals surface area contributed by atoms with E-state index in [1.807, 2.05) is 13.8 Å². The van der Waals surface area contributed by atoms with Gasteiger partial charge < -0.3 is 20.3 Å². The predicted octanol–water partition coefficient (Wildman–Crippen LogP) is 2.35. The number of imidazole rings is 1. The van der Waals surface area contributed by atoms with Gasteiger partial charge in [0.1, 0.15) is 5.82 Å². The third-order valence-corrected chi connectivity index (χ3v) is 4.04. The van der Waals surface area contributed by atoms with E-state index in [4.69, 9.17) is 5.11 Å². The van der Waals surface area contributed by atoms with Gasteiger partial charge in [0, 0.05) is 12.6 Å². The molecule has 0 bridgehead atoms. The van der Waals surface area contributed by atoms with Crippen LogP contribution < -0.4 is 10.6 Å². The lowest BCUT2D eigenvalue weighted by atomic mass is 10.2. The number of aromatic carboxylic acids is 1. The van der Waals surface area contributed by atoms with Crippen molar-refractivity contribution in [1.82, 2.24) is 20.2 Å². The highest BCUT2D eigenvalue weighted by Crippen LogP contribution is 2.32. The Morgan fingerprint density at radius 1 is 1.38 bits per heavy atom. The van der Waals surface area contributed by atoms with Gasteiger partial charge in [0.2, 0.25) is 0 Å². The summed E-state index contributed by atoms with van der Waals surface area (Å²) in [5.41, 5.74) is 1.78. The number of nitrogens with one attached hydrogen (secondary N) is 2. The van der Waals surface area contributed by atoms with Gasteiger partial charge in [0.25, 0.3) is 0 Å². The smallest absolute Gasteiger partial charge is 0.335 e. The second kappa shape index (κ2) is 6.51. The molecule has 3 rings (SSSR count). The van der Waals surface area contributed by atoms with Crippen molar-refractivity contribution in [2.24, 2.45) is 5.92 Å². The molecule has 7 heteroatoms. The minimum Gasteiger partial charge on any atom is -0.478 e. The number of hydrogen-bond donors (Lipinski definition) is 3. The van der Waals surface area contributed by atoms with Crippen molar-refractivity contribution in [3.63, 3.8) is 0 Å². The molecule has 128 valence electrons. The summed E-state index contributed by atoms with van der Waals surface area (Å²) < 4.78 is 2.09. The number of carboxylic acid groups (broad SMARTS) is 1. The maximum Gasteiger partial charge on any atom is 0.335 e. The number of rotatable bonds is 6. The number of amides is 2. The molecule has 1 aliphatic rings. The summed E-state index contributed by atoms with van der Waals surface area (Å²) in [5, 5.41) is 14.7. The summed E-state index contributed by atoms with van der Waals surface area (Å²) in [6.07, 6.45) is 2.40. The number of fused-ring (bicyclic) bond motifs is 1. The van der Waals surface area contributed by atoms with Crippen molar-refractivity contribution in [3.8, 4) is 0 Å². The second-order valence-corrected chi connectivity index (χ2v) is 6.57. The topological polar surface area (TPSA) is 96.2 Å². The van der Waals surface area contributed by atoms with Crippen LogP contribution in [0.4, 0.5) is 4.79 Å². The first-order valence-electron chi connectivity index (χ1n) is 8.21. The number of hydrogen-bond acceptors (Lipinski definition) is 3. The van der Waals surface area contributed by atoms with Gasteiger partial charge in [-0.1, -0.05) is 0 Å². The number of carbonyl (C=O) groups is 2. The maximum atomic E-state index is 11.8. The molecule has 0 atom stereocenters. The Kier molecular flexibility index (Phi) is 4.42. The van der Waals surface area contributed by atoms with Crippen LogP contribution in [-0.4, -0.2) is 32.7 Å². The zero-order chi connectivity index (χ0) is 17.3. The lowest BCUT2D eigenvalue weighted by molar-refractivity contribution is 0.0697. The summed E-state index contributed by atoms with van der Waals surface area (Å²) >= 11 is 0. The van der Waals surface area contributed by atoms with Crippen LogP contribution in [0.5, 0.6) is 0 Å². The van der Waals surface area contributed by atoms with Crippen molar-refractivity contribution in [3.05, 3.63) is 29.6 Å². The summed E-state index contributed by atoms with van der Waals surface area (Å²) in [7, 11) is 0. The molecular weight excluding hydrogens is 308 g/mol. The van der Waals surface area contributed by atoms with Crippen LogP contribution in [-0.2, 0) is 13.1 Å². The van der Waals surface area contributed by atoms with Crippen molar-refractivity contribution < 1.29 is 14.7 Å². The molecule has 1 aliphatic carbocycles. The molecule has 3 N–H and O–H groups in total. The fourth-order valence-corrected chi connectivity index (χ4v) is 2.68. The van der Waals surface area contributed by atoms with E-state index in [1.54, 1.807) is 18.2 Å². The van der Waals surface area contributed by atoms with E-state index >= 15 is 0 Å². The summed E-state index contributed by atoms with van der Waals surface area (Å²) in [6, 6.07) is 4.80. The number of urea groups is 1. The SMILES string of the molecule is CC(C)NC(=O)NCc1nc2cc(C(=O)O)ccc2n1CC1CC1. The van der Waals surface area contributed by atoms with Gasteiger partial charge in [0.15, 0.2) is 0 Å². The Balaban J connectivity index is 1.86. The number of carboxylic acids is 1. The Hall–Kier alpha value is -2.57. The number of benzene rings is 1. The lowest BCUT2D eigenvalue weighted by Gasteiger charge is -2.12. The van der Waals surface area contributed by atoms with E-state index in [-0.39, 0.29) is 17.6 Å². The fraction of sp³-hybridized carbons (Fsp3) is 0.471. The first-order valence-corrected chi connectivity index (χ1v) is 8.21. The zero-order valence-corrected chi connectivity index (χ0v) is 13.9. The molecule has 1 saturated carbocycles.